The minimum atomic E-state index is -4.40. The molecule has 11 heteroatoms. The molecule has 3 nitrogen and oxygen atoms in total. The van der Waals surface area contributed by atoms with Gasteiger partial charge in [0.05, 0.1) is 11.3 Å². The van der Waals surface area contributed by atoms with Gasteiger partial charge in [0.25, 0.3) is 0 Å². The van der Waals surface area contributed by atoms with E-state index in [4.69, 9.17) is 16.9 Å². The lowest BCUT2D eigenvalue weighted by molar-refractivity contribution is -0.105. The van der Waals surface area contributed by atoms with Crippen molar-refractivity contribution in [3.8, 4) is 6.07 Å². The van der Waals surface area contributed by atoms with Crippen LogP contribution < -0.4 is 4.67 Å². The summed E-state index contributed by atoms with van der Waals surface area (Å²) in [5.41, 5.74) is -0.370. The first-order valence-corrected chi connectivity index (χ1v) is 8.86. The van der Waals surface area contributed by atoms with Gasteiger partial charge in [-0.25, -0.2) is 9.38 Å². The molecule has 0 fully saturated rings. The van der Waals surface area contributed by atoms with Crippen molar-refractivity contribution in [2.45, 2.75) is 11.1 Å². The fourth-order valence-electron chi connectivity index (χ4n) is 1.33. The van der Waals surface area contributed by atoms with Gasteiger partial charge in [0.15, 0.2) is 9.82 Å². The van der Waals surface area contributed by atoms with Crippen LogP contribution in [0.25, 0.3) is 0 Å². The zero-order chi connectivity index (χ0) is 16.3. The van der Waals surface area contributed by atoms with Gasteiger partial charge in [-0.05, 0) is 22.5 Å². The van der Waals surface area contributed by atoms with Gasteiger partial charge in [-0.2, -0.15) is 22.8 Å². The summed E-state index contributed by atoms with van der Waals surface area (Å²) in [4.78, 5) is 3.94. The van der Waals surface area contributed by atoms with Crippen LogP contribution in [0.3, 0.4) is 0 Å². The lowest BCUT2D eigenvalue weighted by Gasteiger charge is -2.08. The predicted octanol–water partition coefficient (Wildman–Crippen LogP) is 4.76. The van der Waals surface area contributed by atoms with Gasteiger partial charge in [0.2, 0.25) is 0 Å². The summed E-state index contributed by atoms with van der Waals surface area (Å²) in [6.07, 6.45) is -4.40. The second-order valence-corrected chi connectivity index (χ2v) is 6.98. The normalized spacial score (nSPS) is 12.5. The molecule has 0 aliphatic heterocycles. The highest BCUT2D eigenvalue weighted by molar-refractivity contribution is 7.99. The largest absolute Gasteiger partial charge is 0.398 e. The molecule has 1 aromatic carbocycles. The number of benzene rings is 1. The fourth-order valence-corrected chi connectivity index (χ4v) is 4.09. The zero-order valence-electron chi connectivity index (χ0n) is 10.3. The summed E-state index contributed by atoms with van der Waals surface area (Å²) in [6, 6.07) is 3.63. The maximum atomic E-state index is 13.9. The number of hydrogen-bond donors (Lipinski definition) is 0. The standard InChI is InChI=1S/C11H4ClF4N3S3/c12-9-10(21-22-19-9)18-7-2-8(20-4-11(14,15)16)5(3-17)1-6(7)13/h1-2H,4H2. The van der Waals surface area contributed by atoms with Crippen LogP contribution in [0.5, 0.6) is 0 Å². The molecule has 22 heavy (non-hydrogen) atoms. The molecule has 0 atom stereocenters. The molecule has 0 N–H and O–H groups in total. The Labute approximate surface area is 138 Å². The second-order valence-electron chi connectivity index (χ2n) is 3.77. The summed E-state index contributed by atoms with van der Waals surface area (Å²) in [6.45, 7) is 0. The first-order chi connectivity index (χ1) is 10.3. The maximum absolute atomic E-state index is 13.9. The minimum absolute atomic E-state index is 0.00397. The number of aromatic nitrogens is 1. The average molecular weight is 386 g/mol. The summed E-state index contributed by atoms with van der Waals surface area (Å²) in [5.74, 6) is -2.00. The predicted molar refractivity (Wildman–Crippen MR) is 78.1 cm³/mol. The molecular formula is C11H4ClF4N3S3. The first kappa shape index (κ1) is 17.2. The van der Waals surface area contributed by atoms with Crippen molar-refractivity contribution in [3.63, 3.8) is 0 Å². The molecule has 0 unspecified atom stereocenters. The molecule has 2 rings (SSSR count). The number of halogens is 5. The molecule has 0 aliphatic carbocycles. The lowest BCUT2D eigenvalue weighted by Crippen LogP contribution is -2.10. The Bertz CT molecular complexity index is 791. The van der Waals surface area contributed by atoms with Crippen LogP contribution in [-0.2, 0) is 0 Å². The van der Waals surface area contributed by atoms with Crippen LogP contribution in [0, 0.1) is 17.1 Å². The molecule has 0 saturated heterocycles. The molecule has 0 radical (unpaired) electrons. The Kier molecular flexibility index (Phi) is 5.44. The third kappa shape index (κ3) is 4.42. The molecule has 0 aliphatic rings. The highest BCUT2D eigenvalue weighted by atomic mass is 35.5. The van der Waals surface area contributed by atoms with Gasteiger partial charge >= 0.3 is 6.18 Å². The number of thioether (sulfide) groups is 1. The van der Waals surface area contributed by atoms with E-state index >= 15 is 0 Å². The Morgan fingerprint density at radius 1 is 1.41 bits per heavy atom. The Balaban J connectivity index is 2.45. The van der Waals surface area contributed by atoms with Crippen LogP contribution in [0.2, 0.25) is 5.15 Å². The van der Waals surface area contributed by atoms with E-state index in [1.807, 2.05) is 0 Å². The van der Waals surface area contributed by atoms with E-state index in [0.29, 0.717) is 11.8 Å². The Hall–Kier alpha value is -1.15. The number of nitrogens with zero attached hydrogens (tertiary/aromatic N) is 3. The molecule has 0 amide bonds. The van der Waals surface area contributed by atoms with Crippen molar-refractivity contribution < 1.29 is 17.6 Å². The second kappa shape index (κ2) is 6.95. The van der Waals surface area contributed by atoms with Gasteiger partial charge in [-0.15, -0.1) is 11.8 Å². The third-order valence-corrected chi connectivity index (χ3v) is 5.48. The molecule has 1 aromatic heterocycles. The van der Waals surface area contributed by atoms with Crippen molar-refractivity contribution in [3.05, 3.63) is 33.3 Å². The van der Waals surface area contributed by atoms with E-state index in [1.165, 1.54) is 0 Å². The molecule has 0 spiro atoms. The quantitative estimate of drug-likeness (QED) is 0.435. The van der Waals surface area contributed by atoms with Crippen LogP contribution in [0.4, 0.5) is 23.2 Å². The SMILES string of the molecule is N#Cc1cc(F)c(N=c2ssnc2Cl)cc1SCC(F)(F)F. The molecule has 0 saturated carbocycles. The maximum Gasteiger partial charge on any atom is 0.398 e. The van der Waals surface area contributed by atoms with E-state index < -0.39 is 17.7 Å². The molecule has 116 valence electrons. The number of nitriles is 1. The fraction of sp³-hybridized carbons (Fsp3) is 0.182. The van der Waals surface area contributed by atoms with Crippen molar-refractivity contribution in [1.82, 2.24) is 4.37 Å². The van der Waals surface area contributed by atoms with Gasteiger partial charge in [0, 0.05) is 15.4 Å². The first-order valence-electron chi connectivity index (χ1n) is 5.39. The minimum Gasteiger partial charge on any atom is -0.231 e. The van der Waals surface area contributed by atoms with Gasteiger partial charge in [-0.1, -0.05) is 11.6 Å². The van der Waals surface area contributed by atoms with Crippen LogP contribution in [0.15, 0.2) is 22.0 Å². The van der Waals surface area contributed by atoms with E-state index in [0.717, 1.165) is 33.0 Å². The van der Waals surface area contributed by atoms with Crippen molar-refractivity contribution in [1.29, 1.82) is 5.26 Å². The van der Waals surface area contributed by atoms with Crippen molar-refractivity contribution >= 4 is 49.9 Å². The molecule has 1 heterocycles. The molecule has 2 aromatic rings. The third-order valence-electron chi connectivity index (χ3n) is 2.19. The number of hydrogen-bond acceptors (Lipinski definition) is 6. The van der Waals surface area contributed by atoms with E-state index in [1.54, 1.807) is 6.07 Å². The van der Waals surface area contributed by atoms with Gasteiger partial charge in [0.1, 0.15) is 17.6 Å². The highest BCUT2D eigenvalue weighted by Crippen LogP contribution is 2.33. The topological polar surface area (TPSA) is 49.0 Å². The van der Waals surface area contributed by atoms with Gasteiger partial charge < -0.3 is 0 Å². The number of alkyl halides is 3. The lowest BCUT2D eigenvalue weighted by atomic mass is 10.2. The monoisotopic (exact) mass is 385 g/mol. The zero-order valence-corrected chi connectivity index (χ0v) is 13.5. The van der Waals surface area contributed by atoms with Crippen molar-refractivity contribution in [2.75, 3.05) is 5.75 Å². The summed E-state index contributed by atoms with van der Waals surface area (Å²) in [5, 5.41) is 8.98. The summed E-state index contributed by atoms with van der Waals surface area (Å²) in [7, 11) is 2.15. The highest BCUT2D eigenvalue weighted by Gasteiger charge is 2.28. The van der Waals surface area contributed by atoms with E-state index in [-0.39, 0.29) is 26.0 Å². The average Bonchev–Trinajstić information content (AvgIpc) is 2.83. The van der Waals surface area contributed by atoms with E-state index in [2.05, 4.69) is 9.37 Å². The van der Waals surface area contributed by atoms with Crippen LogP contribution in [0.1, 0.15) is 5.56 Å². The molecular weight excluding hydrogens is 382 g/mol. The number of rotatable bonds is 3. The summed E-state index contributed by atoms with van der Waals surface area (Å²) < 4.78 is 54.8. The molecule has 0 bridgehead atoms. The van der Waals surface area contributed by atoms with E-state index in [9.17, 15) is 17.6 Å². The van der Waals surface area contributed by atoms with Crippen molar-refractivity contribution in [2.24, 2.45) is 4.99 Å². The van der Waals surface area contributed by atoms with Crippen LogP contribution in [-0.4, -0.2) is 16.3 Å². The summed E-state index contributed by atoms with van der Waals surface area (Å²) >= 11 is 6.15. The Morgan fingerprint density at radius 3 is 2.68 bits per heavy atom. The van der Waals surface area contributed by atoms with Crippen LogP contribution >= 0.6 is 44.2 Å². The smallest absolute Gasteiger partial charge is 0.231 e. The van der Waals surface area contributed by atoms with Gasteiger partial charge in [-0.3, -0.25) is 0 Å². The Morgan fingerprint density at radius 2 is 2.14 bits per heavy atom.